The molecule has 3 heteroatoms. The number of ether oxygens (including phenoxy) is 2. The molecule has 0 amide bonds. The Labute approximate surface area is 74.6 Å². The predicted octanol–water partition coefficient (Wildman–Crippen LogP) is 0.949. The maximum Gasteiger partial charge on any atom is 0.0991 e. The molecule has 1 aliphatic rings. The first kappa shape index (κ1) is 9.96. The van der Waals surface area contributed by atoms with Crippen LogP contribution < -0.4 is 0 Å². The Morgan fingerprint density at radius 2 is 2.00 bits per heavy atom. The molecular formula is C9H19NO2. The zero-order valence-electron chi connectivity index (χ0n) is 8.08. The Morgan fingerprint density at radius 1 is 1.33 bits per heavy atom. The molecule has 0 aromatic carbocycles. The SMILES string of the molecule is CC(C)COCN1CCOCC1. The van der Waals surface area contributed by atoms with Gasteiger partial charge >= 0.3 is 0 Å². The topological polar surface area (TPSA) is 21.7 Å². The first-order chi connectivity index (χ1) is 5.79. The van der Waals surface area contributed by atoms with Crippen LogP contribution in [-0.2, 0) is 9.47 Å². The van der Waals surface area contributed by atoms with Crippen molar-refractivity contribution < 1.29 is 9.47 Å². The second-order valence-corrected chi connectivity index (χ2v) is 3.62. The van der Waals surface area contributed by atoms with Gasteiger partial charge in [0.1, 0.15) is 0 Å². The van der Waals surface area contributed by atoms with E-state index in [1.807, 2.05) is 0 Å². The Balaban J connectivity index is 1.98. The number of hydrogen-bond acceptors (Lipinski definition) is 3. The molecule has 0 saturated carbocycles. The minimum atomic E-state index is 0.631. The fourth-order valence-electron chi connectivity index (χ4n) is 1.15. The molecule has 1 fully saturated rings. The molecule has 72 valence electrons. The van der Waals surface area contributed by atoms with Crippen molar-refractivity contribution in [2.75, 3.05) is 39.6 Å². The highest BCUT2D eigenvalue weighted by Gasteiger charge is 2.09. The van der Waals surface area contributed by atoms with Gasteiger partial charge in [0.25, 0.3) is 0 Å². The maximum atomic E-state index is 5.50. The van der Waals surface area contributed by atoms with E-state index >= 15 is 0 Å². The molecule has 1 heterocycles. The Hall–Kier alpha value is -0.120. The molecule has 0 aliphatic carbocycles. The van der Waals surface area contributed by atoms with E-state index in [-0.39, 0.29) is 0 Å². The molecule has 0 aromatic heterocycles. The van der Waals surface area contributed by atoms with Crippen molar-refractivity contribution in [2.24, 2.45) is 5.92 Å². The summed E-state index contributed by atoms with van der Waals surface area (Å²) in [4.78, 5) is 2.28. The Kier molecular flexibility index (Phi) is 4.58. The summed E-state index contributed by atoms with van der Waals surface area (Å²) in [6.07, 6.45) is 0. The highest BCUT2D eigenvalue weighted by Crippen LogP contribution is 1.98. The quantitative estimate of drug-likeness (QED) is 0.631. The fraction of sp³-hybridized carbons (Fsp3) is 1.00. The van der Waals surface area contributed by atoms with Gasteiger partial charge < -0.3 is 9.47 Å². The molecule has 0 N–H and O–H groups in total. The summed E-state index contributed by atoms with van der Waals surface area (Å²) >= 11 is 0. The van der Waals surface area contributed by atoms with Crippen LogP contribution in [0.15, 0.2) is 0 Å². The molecule has 0 atom stereocenters. The van der Waals surface area contributed by atoms with Crippen molar-refractivity contribution in [3.8, 4) is 0 Å². The van der Waals surface area contributed by atoms with Gasteiger partial charge in [-0.1, -0.05) is 13.8 Å². The van der Waals surface area contributed by atoms with E-state index in [1.54, 1.807) is 0 Å². The van der Waals surface area contributed by atoms with Gasteiger partial charge in [0.2, 0.25) is 0 Å². The first-order valence-corrected chi connectivity index (χ1v) is 4.67. The van der Waals surface area contributed by atoms with Gasteiger partial charge in [0.05, 0.1) is 26.6 Å². The van der Waals surface area contributed by atoms with Crippen molar-refractivity contribution in [3.63, 3.8) is 0 Å². The van der Waals surface area contributed by atoms with Gasteiger partial charge in [0.15, 0.2) is 0 Å². The Bertz CT molecular complexity index is 111. The van der Waals surface area contributed by atoms with Crippen LogP contribution in [0.2, 0.25) is 0 Å². The van der Waals surface area contributed by atoms with Crippen LogP contribution in [0.1, 0.15) is 13.8 Å². The van der Waals surface area contributed by atoms with Gasteiger partial charge in [0, 0.05) is 13.1 Å². The van der Waals surface area contributed by atoms with Crippen LogP contribution in [0.25, 0.3) is 0 Å². The molecule has 3 nitrogen and oxygen atoms in total. The van der Waals surface area contributed by atoms with E-state index in [1.165, 1.54) is 0 Å². The highest BCUT2D eigenvalue weighted by atomic mass is 16.5. The van der Waals surface area contributed by atoms with Crippen LogP contribution in [0.3, 0.4) is 0 Å². The summed E-state index contributed by atoms with van der Waals surface area (Å²) in [5.74, 6) is 0.631. The molecule has 1 saturated heterocycles. The standard InChI is InChI=1S/C9H19NO2/c1-9(2)7-12-8-10-3-5-11-6-4-10/h9H,3-8H2,1-2H3. The third-order valence-electron chi connectivity index (χ3n) is 1.83. The van der Waals surface area contributed by atoms with Crippen molar-refractivity contribution in [1.29, 1.82) is 0 Å². The van der Waals surface area contributed by atoms with Gasteiger partial charge in [-0.15, -0.1) is 0 Å². The van der Waals surface area contributed by atoms with E-state index in [0.29, 0.717) is 5.92 Å². The van der Waals surface area contributed by atoms with Gasteiger partial charge in [-0.05, 0) is 5.92 Å². The van der Waals surface area contributed by atoms with Gasteiger partial charge in [-0.25, -0.2) is 0 Å². The number of hydrogen-bond donors (Lipinski definition) is 0. The van der Waals surface area contributed by atoms with Crippen LogP contribution >= 0.6 is 0 Å². The van der Waals surface area contributed by atoms with E-state index in [0.717, 1.165) is 39.6 Å². The van der Waals surface area contributed by atoms with Crippen molar-refractivity contribution in [1.82, 2.24) is 4.90 Å². The lowest BCUT2D eigenvalue weighted by Gasteiger charge is -2.26. The average molecular weight is 173 g/mol. The number of morpholine rings is 1. The zero-order chi connectivity index (χ0) is 8.81. The lowest BCUT2D eigenvalue weighted by atomic mass is 10.2. The third kappa shape index (κ3) is 4.04. The summed E-state index contributed by atoms with van der Waals surface area (Å²) < 4.78 is 10.7. The molecule has 12 heavy (non-hydrogen) atoms. The lowest BCUT2D eigenvalue weighted by Crippen LogP contribution is -2.38. The Morgan fingerprint density at radius 3 is 2.58 bits per heavy atom. The van der Waals surface area contributed by atoms with Gasteiger partial charge in [-0.2, -0.15) is 0 Å². The summed E-state index contributed by atoms with van der Waals surface area (Å²) in [7, 11) is 0. The summed E-state index contributed by atoms with van der Waals surface area (Å²) in [6, 6.07) is 0. The smallest absolute Gasteiger partial charge is 0.0991 e. The summed E-state index contributed by atoms with van der Waals surface area (Å²) in [6.45, 7) is 9.68. The van der Waals surface area contributed by atoms with Crippen LogP contribution in [-0.4, -0.2) is 44.5 Å². The second-order valence-electron chi connectivity index (χ2n) is 3.62. The predicted molar refractivity (Wildman–Crippen MR) is 48.0 cm³/mol. The minimum Gasteiger partial charge on any atom is -0.379 e. The second kappa shape index (κ2) is 5.51. The number of rotatable bonds is 4. The molecule has 0 spiro atoms. The maximum absolute atomic E-state index is 5.50. The summed E-state index contributed by atoms with van der Waals surface area (Å²) in [5.41, 5.74) is 0. The molecule has 1 aliphatic heterocycles. The molecule has 0 aromatic rings. The fourth-order valence-corrected chi connectivity index (χ4v) is 1.15. The molecular weight excluding hydrogens is 154 g/mol. The van der Waals surface area contributed by atoms with Crippen LogP contribution in [0, 0.1) is 5.92 Å². The number of nitrogens with zero attached hydrogens (tertiary/aromatic N) is 1. The monoisotopic (exact) mass is 173 g/mol. The largest absolute Gasteiger partial charge is 0.379 e. The molecule has 0 radical (unpaired) electrons. The van der Waals surface area contributed by atoms with Crippen molar-refractivity contribution in [3.05, 3.63) is 0 Å². The van der Waals surface area contributed by atoms with E-state index in [9.17, 15) is 0 Å². The molecule has 0 bridgehead atoms. The van der Waals surface area contributed by atoms with Gasteiger partial charge in [-0.3, -0.25) is 4.90 Å². The summed E-state index contributed by atoms with van der Waals surface area (Å²) in [5, 5.41) is 0. The molecule has 1 rings (SSSR count). The molecule has 0 unspecified atom stereocenters. The third-order valence-corrected chi connectivity index (χ3v) is 1.83. The minimum absolute atomic E-state index is 0.631. The lowest BCUT2D eigenvalue weighted by molar-refractivity contribution is -0.0383. The van der Waals surface area contributed by atoms with Crippen molar-refractivity contribution in [2.45, 2.75) is 13.8 Å². The zero-order valence-corrected chi connectivity index (χ0v) is 8.08. The first-order valence-electron chi connectivity index (χ1n) is 4.67. The van der Waals surface area contributed by atoms with E-state index in [4.69, 9.17) is 9.47 Å². The highest BCUT2D eigenvalue weighted by molar-refractivity contribution is 4.57. The van der Waals surface area contributed by atoms with E-state index in [2.05, 4.69) is 18.7 Å². The van der Waals surface area contributed by atoms with E-state index < -0.39 is 0 Å². The van der Waals surface area contributed by atoms with Crippen LogP contribution in [0.5, 0.6) is 0 Å². The average Bonchev–Trinajstić information content (AvgIpc) is 2.05. The van der Waals surface area contributed by atoms with Crippen LogP contribution in [0.4, 0.5) is 0 Å². The van der Waals surface area contributed by atoms with Crippen molar-refractivity contribution >= 4 is 0 Å². The normalized spacial score (nSPS) is 20.2.